The fourth-order valence-electron chi connectivity index (χ4n) is 11.0. The molecule has 5 rings (SSSR count). The lowest BCUT2D eigenvalue weighted by Gasteiger charge is -2.67. The van der Waals surface area contributed by atoms with Crippen LogP contribution in [0.15, 0.2) is 11.6 Å². The van der Waals surface area contributed by atoms with Crippen LogP contribution in [0.3, 0.4) is 0 Å². The molecule has 2 nitrogen and oxygen atoms in total. The lowest BCUT2D eigenvalue weighted by Crippen LogP contribution is -2.63. The minimum Gasteiger partial charge on any atom is -0.299 e. The van der Waals surface area contributed by atoms with Crippen LogP contribution in [0.1, 0.15) is 127 Å². The molecule has 36 heavy (non-hydrogen) atoms. The lowest BCUT2D eigenvalue weighted by atomic mass is 9.36. The number of allylic oxidation sites excluding steroid dienone is 2. The lowest BCUT2D eigenvalue weighted by molar-refractivity contribution is -0.176. The second-order valence-corrected chi connectivity index (χ2v) is 16.4. The van der Waals surface area contributed by atoms with Crippen molar-refractivity contribution in [1.82, 2.24) is 0 Å². The summed E-state index contributed by atoms with van der Waals surface area (Å²) in [6.07, 6.45) is 13.4. The zero-order chi connectivity index (χ0) is 26.5. The molecular formula is C34H54O2. The fourth-order valence-corrected chi connectivity index (χ4v) is 11.0. The van der Waals surface area contributed by atoms with Crippen LogP contribution >= 0.6 is 0 Å². The van der Waals surface area contributed by atoms with Gasteiger partial charge in [-0.3, -0.25) is 9.59 Å². The number of fused-ring (bicyclic) bond motifs is 7. The van der Waals surface area contributed by atoms with Gasteiger partial charge in [0.2, 0.25) is 0 Å². The van der Waals surface area contributed by atoms with Gasteiger partial charge in [-0.15, -0.1) is 0 Å². The first kappa shape index (κ1) is 26.7. The standard InChI is InChI=1S/C34H54O2/c1-21(2)18-28(36)32(7)17-16-31(6)13-11-24-23(25(31)20-32)19-26(35)29-33(24,8)15-12-27-30(4,5)22(3)10-14-34(27,29)9/h19,21-22,24-25,27,29H,10-18,20H2,1-9H3/t22-,24?,25-,27-,29-,31-,32-,33-,34-/m0/s1. The number of Topliss-reactive ketones (excluding diaryl/α,β-unsaturated/α-hetero) is 1. The van der Waals surface area contributed by atoms with Crippen LogP contribution in [0, 0.1) is 62.6 Å². The summed E-state index contributed by atoms with van der Waals surface area (Å²) in [7, 11) is 0. The van der Waals surface area contributed by atoms with Gasteiger partial charge in [-0.1, -0.05) is 67.9 Å². The molecule has 5 aliphatic carbocycles. The summed E-state index contributed by atoms with van der Waals surface area (Å²) in [6.45, 7) is 21.5. The summed E-state index contributed by atoms with van der Waals surface area (Å²) in [6, 6.07) is 0. The van der Waals surface area contributed by atoms with Gasteiger partial charge >= 0.3 is 0 Å². The number of rotatable bonds is 3. The van der Waals surface area contributed by atoms with E-state index < -0.39 is 0 Å². The number of carbonyl (C=O) groups excluding carboxylic acids is 2. The Bertz CT molecular complexity index is 972. The third-order valence-electron chi connectivity index (χ3n) is 13.6. The Labute approximate surface area is 221 Å². The van der Waals surface area contributed by atoms with E-state index >= 15 is 0 Å². The molecule has 1 unspecified atom stereocenters. The van der Waals surface area contributed by atoms with Crippen molar-refractivity contribution in [3.8, 4) is 0 Å². The first-order valence-corrected chi connectivity index (χ1v) is 15.4. The maximum Gasteiger partial charge on any atom is 0.159 e. The number of hydrogen-bond donors (Lipinski definition) is 0. The number of ketones is 2. The van der Waals surface area contributed by atoms with Gasteiger partial charge in [0.25, 0.3) is 0 Å². The van der Waals surface area contributed by atoms with Crippen molar-refractivity contribution < 1.29 is 9.59 Å². The van der Waals surface area contributed by atoms with Gasteiger partial charge in [0.05, 0.1) is 0 Å². The Hall–Kier alpha value is -0.920. The van der Waals surface area contributed by atoms with E-state index in [9.17, 15) is 9.59 Å². The molecular weight excluding hydrogens is 440 g/mol. The Morgan fingerprint density at radius 1 is 0.889 bits per heavy atom. The molecule has 0 bridgehead atoms. The van der Waals surface area contributed by atoms with Crippen LogP contribution in [0.4, 0.5) is 0 Å². The molecule has 9 atom stereocenters. The predicted octanol–water partition coefficient (Wildman–Crippen LogP) is 8.83. The molecule has 0 spiro atoms. The SMILES string of the molecule is CC(C)CC(=O)[C@@]1(C)CC[C@]2(C)CCC3C(=CC(=O)[C@@H]4[C@@]5(C)CC[C@H](C)C(C)(C)[C@@H]5CC[C@@]34C)[C@@H]2C1. The van der Waals surface area contributed by atoms with Crippen molar-refractivity contribution in [1.29, 1.82) is 0 Å². The summed E-state index contributed by atoms with van der Waals surface area (Å²) in [5.41, 5.74) is 1.95. The van der Waals surface area contributed by atoms with Gasteiger partial charge in [-0.25, -0.2) is 0 Å². The first-order valence-electron chi connectivity index (χ1n) is 15.4. The molecule has 0 heterocycles. The molecule has 0 N–H and O–H groups in total. The highest BCUT2D eigenvalue weighted by atomic mass is 16.1. The summed E-state index contributed by atoms with van der Waals surface area (Å²) in [5, 5.41) is 0. The topological polar surface area (TPSA) is 34.1 Å². The highest BCUT2D eigenvalue weighted by Crippen LogP contribution is 2.72. The molecule has 4 fully saturated rings. The summed E-state index contributed by atoms with van der Waals surface area (Å²) in [5.74, 6) is 3.73. The van der Waals surface area contributed by atoms with Crippen LogP contribution in [0.2, 0.25) is 0 Å². The van der Waals surface area contributed by atoms with E-state index in [1.165, 1.54) is 44.1 Å². The second kappa shape index (κ2) is 8.29. The van der Waals surface area contributed by atoms with Gasteiger partial charge in [0.15, 0.2) is 5.78 Å². The third-order valence-corrected chi connectivity index (χ3v) is 13.6. The van der Waals surface area contributed by atoms with Gasteiger partial charge in [-0.2, -0.15) is 0 Å². The number of carbonyl (C=O) groups is 2. The van der Waals surface area contributed by atoms with Crippen LogP contribution in [-0.4, -0.2) is 11.6 Å². The normalized spacial score (nSPS) is 49.9. The maximum absolute atomic E-state index is 14.3. The molecule has 0 aromatic carbocycles. The van der Waals surface area contributed by atoms with Crippen LogP contribution in [-0.2, 0) is 9.59 Å². The summed E-state index contributed by atoms with van der Waals surface area (Å²) < 4.78 is 0. The van der Waals surface area contributed by atoms with Crippen LogP contribution in [0.25, 0.3) is 0 Å². The van der Waals surface area contributed by atoms with Crippen molar-refractivity contribution in [2.24, 2.45) is 62.6 Å². The molecule has 0 radical (unpaired) electrons. The van der Waals surface area contributed by atoms with Crippen LogP contribution in [0.5, 0.6) is 0 Å². The van der Waals surface area contributed by atoms with Gasteiger partial charge < -0.3 is 0 Å². The molecule has 2 heteroatoms. The Kier molecular flexibility index (Phi) is 6.14. The Morgan fingerprint density at radius 2 is 1.56 bits per heavy atom. The molecule has 0 saturated heterocycles. The van der Waals surface area contributed by atoms with Gasteiger partial charge in [0.1, 0.15) is 5.78 Å². The van der Waals surface area contributed by atoms with Crippen molar-refractivity contribution in [3.05, 3.63) is 11.6 Å². The zero-order valence-electron chi connectivity index (χ0n) is 24.9. The van der Waals surface area contributed by atoms with E-state index in [1.807, 2.05) is 0 Å². The van der Waals surface area contributed by atoms with E-state index in [4.69, 9.17) is 0 Å². The molecule has 0 aliphatic heterocycles. The third kappa shape index (κ3) is 3.61. The monoisotopic (exact) mass is 494 g/mol. The summed E-state index contributed by atoms with van der Waals surface area (Å²) >= 11 is 0. The van der Waals surface area contributed by atoms with E-state index in [1.54, 1.807) is 0 Å². The van der Waals surface area contributed by atoms with Gasteiger partial charge in [-0.05, 0) is 115 Å². The van der Waals surface area contributed by atoms with Crippen molar-refractivity contribution in [3.63, 3.8) is 0 Å². The van der Waals surface area contributed by atoms with Crippen molar-refractivity contribution in [2.75, 3.05) is 0 Å². The van der Waals surface area contributed by atoms with E-state index in [2.05, 4.69) is 68.4 Å². The molecule has 0 amide bonds. The average Bonchev–Trinajstić information content (AvgIpc) is 2.76. The van der Waals surface area contributed by atoms with E-state index in [0.29, 0.717) is 47.1 Å². The smallest absolute Gasteiger partial charge is 0.159 e. The van der Waals surface area contributed by atoms with E-state index in [0.717, 1.165) is 25.2 Å². The quantitative estimate of drug-likeness (QED) is 0.393. The minimum absolute atomic E-state index is 0.0696. The molecule has 202 valence electrons. The fraction of sp³-hybridized carbons (Fsp3) is 0.882. The Balaban J connectivity index is 1.53. The average molecular weight is 495 g/mol. The van der Waals surface area contributed by atoms with Gasteiger partial charge in [0, 0.05) is 17.8 Å². The van der Waals surface area contributed by atoms with Crippen molar-refractivity contribution >= 4 is 11.6 Å². The second-order valence-electron chi connectivity index (χ2n) is 16.4. The Morgan fingerprint density at radius 3 is 2.22 bits per heavy atom. The van der Waals surface area contributed by atoms with Crippen LogP contribution < -0.4 is 0 Å². The predicted molar refractivity (Wildman–Crippen MR) is 148 cm³/mol. The number of hydrogen-bond acceptors (Lipinski definition) is 2. The largest absolute Gasteiger partial charge is 0.299 e. The molecule has 4 saturated carbocycles. The molecule has 0 aromatic rings. The maximum atomic E-state index is 14.3. The van der Waals surface area contributed by atoms with E-state index in [-0.39, 0.29) is 27.6 Å². The highest BCUT2D eigenvalue weighted by Gasteiger charge is 2.66. The summed E-state index contributed by atoms with van der Waals surface area (Å²) in [4.78, 5) is 27.7. The van der Waals surface area contributed by atoms with Crippen molar-refractivity contribution in [2.45, 2.75) is 127 Å². The zero-order valence-corrected chi connectivity index (χ0v) is 24.9. The molecule has 0 aromatic heterocycles. The molecule has 5 aliphatic rings. The first-order chi connectivity index (χ1) is 16.6. The highest BCUT2D eigenvalue weighted by molar-refractivity contribution is 5.95. The minimum atomic E-state index is -0.231.